The molecule has 0 radical (unpaired) electrons. The zero-order valence-electron chi connectivity index (χ0n) is 19.1. The van der Waals surface area contributed by atoms with Crippen LogP contribution >= 0.6 is 11.3 Å². The predicted molar refractivity (Wildman–Crippen MR) is 142 cm³/mol. The molecule has 1 fully saturated rings. The summed E-state index contributed by atoms with van der Waals surface area (Å²) >= 11 is 1.64. The number of hydrogen-bond donors (Lipinski definition) is 0. The van der Waals surface area contributed by atoms with Gasteiger partial charge >= 0.3 is 0 Å². The third-order valence-electron chi connectivity index (χ3n) is 6.89. The summed E-state index contributed by atoms with van der Waals surface area (Å²) in [6.45, 7) is 4.87. The van der Waals surface area contributed by atoms with Gasteiger partial charge in [0.2, 0.25) is 5.43 Å². The van der Waals surface area contributed by atoms with Crippen LogP contribution in [0.15, 0.2) is 82.4 Å². The van der Waals surface area contributed by atoms with Crippen molar-refractivity contribution in [3.05, 3.63) is 99.1 Å². The maximum Gasteiger partial charge on any atom is 0.250 e. The summed E-state index contributed by atoms with van der Waals surface area (Å²) in [4.78, 5) is 30.2. The summed E-state index contributed by atoms with van der Waals surface area (Å²) in [7, 11) is 0. The number of halogens is 1. The lowest BCUT2D eigenvalue weighted by atomic mass is 10.1. The number of piperazine rings is 1. The van der Waals surface area contributed by atoms with E-state index < -0.39 is 10.9 Å². The molecule has 0 saturated carbocycles. The smallest absolute Gasteiger partial charge is 0.250 e. The highest BCUT2D eigenvalue weighted by Crippen LogP contribution is 2.29. The molecule has 35 heavy (non-hydrogen) atoms. The van der Waals surface area contributed by atoms with Crippen molar-refractivity contribution in [2.75, 3.05) is 37.6 Å². The monoisotopic (exact) mass is 485 g/mol. The van der Waals surface area contributed by atoms with Crippen LogP contribution in [-0.2, 0) is 6.54 Å². The first-order valence-corrected chi connectivity index (χ1v) is 12.6. The Morgan fingerprint density at radius 3 is 2.20 bits per heavy atom. The molecule has 0 amide bonds. The highest BCUT2D eigenvalue weighted by atomic mass is 32.1. The largest absolute Gasteiger partial charge is 0.369 e. The van der Waals surface area contributed by atoms with E-state index in [4.69, 9.17) is 0 Å². The normalized spacial score (nSPS) is 14.8. The minimum Gasteiger partial charge on any atom is -0.369 e. The van der Waals surface area contributed by atoms with Gasteiger partial charge in [-0.1, -0.05) is 30.3 Å². The Hall–Kier alpha value is -3.55. The first-order chi connectivity index (χ1) is 17.1. The second kappa shape index (κ2) is 8.91. The fourth-order valence-electron chi connectivity index (χ4n) is 5.01. The lowest BCUT2D eigenvalue weighted by Crippen LogP contribution is -2.47. The summed E-state index contributed by atoms with van der Waals surface area (Å²) in [5.74, 6) is -0.223. The van der Waals surface area contributed by atoms with Crippen molar-refractivity contribution in [1.82, 2.24) is 9.47 Å². The van der Waals surface area contributed by atoms with Gasteiger partial charge in [0.15, 0.2) is 0 Å². The highest BCUT2D eigenvalue weighted by molar-refractivity contribution is 7.24. The molecule has 0 atom stereocenters. The highest BCUT2D eigenvalue weighted by Gasteiger charge is 2.21. The molecule has 4 aromatic carbocycles. The molecule has 2 heterocycles. The second-order valence-electron chi connectivity index (χ2n) is 8.90. The molecule has 6 rings (SSSR count). The number of para-hydroxylation sites is 1. The fraction of sp³-hybridized carbons (Fsp3) is 0.214. The Kier molecular flexibility index (Phi) is 5.59. The number of anilines is 1. The Balaban J connectivity index is 1.34. The Labute approximate surface area is 205 Å². The van der Waals surface area contributed by atoms with E-state index in [1.807, 2.05) is 59.2 Å². The first kappa shape index (κ1) is 21.9. The quantitative estimate of drug-likeness (QED) is 0.347. The van der Waals surface area contributed by atoms with Crippen molar-refractivity contribution in [1.29, 1.82) is 0 Å². The summed E-state index contributed by atoms with van der Waals surface area (Å²) in [6.07, 6.45) is 0. The van der Waals surface area contributed by atoms with Crippen molar-refractivity contribution >= 4 is 48.2 Å². The van der Waals surface area contributed by atoms with E-state index in [0.717, 1.165) is 58.7 Å². The number of hydrogen-bond acceptors (Lipinski definition) is 5. The molecule has 0 unspecified atom stereocenters. The van der Waals surface area contributed by atoms with Crippen molar-refractivity contribution in [3.63, 3.8) is 0 Å². The van der Waals surface area contributed by atoms with E-state index in [-0.39, 0.29) is 5.82 Å². The molecular formula is C28H24FN3O2S. The molecule has 0 spiro atoms. The van der Waals surface area contributed by atoms with Crippen molar-refractivity contribution < 1.29 is 4.39 Å². The molecule has 1 aromatic heterocycles. The third kappa shape index (κ3) is 3.90. The molecule has 1 saturated heterocycles. The minimum absolute atomic E-state index is 0.223. The number of fused-ring (bicyclic) bond motifs is 4. The second-order valence-corrected chi connectivity index (χ2v) is 9.99. The minimum atomic E-state index is -0.405. The van der Waals surface area contributed by atoms with Gasteiger partial charge in [-0.05, 0) is 42.5 Å². The van der Waals surface area contributed by atoms with Crippen LogP contribution in [0.3, 0.4) is 0 Å². The van der Waals surface area contributed by atoms with Crippen LogP contribution in [-0.4, -0.2) is 42.2 Å². The molecule has 0 aliphatic carbocycles. The Bertz CT molecular complexity index is 1670. The average Bonchev–Trinajstić information content (AvgIpc) is 2.89. The SMILES string of the molecule is O=c1c(=O)c2c1c1ccccc1sc1ccccc1n2CCN1CCN(c2ccc(F)cc2)CC1. The Morgan fingerprint density at radius 2 is 1.43 bits per heavy atom. The third-order valence-corrected chi connectivity index (χ3v) is 8.03. The van der Waals surface area contributed by atoms with Gasteiger partial charge in [0.25, 0.3) is 5.43 Å². The predicted octanol–water partition coefficient (Wildman–Crippen LogP) is 4.69. The molecule has 176 valence electrons. The van der Waals surface area contributed by atoms with Crippen molar-refractivity contribution in [2.45, 2.75) is 6.54 Å². The zero-order valence-corrected chi connectivity index (χ0v) is 19.9. The maximum atomic E-state index is 13.3. The molecule has 7 heteroatoms. The standard InChI is InChI=1S/C28H24FN3O2S/c29-19-9-11-20(12-10-19)31-16-13-30(14-17-31)15-18-32-22-6-2-4-8-24(22)35-23-7-3-1-5-21(23)25-26(32)28(34)27(25)33/h1-12H,13-18H2. The van der Waals surface area contributed by atoms with Crippen LogP contribution in [0.4, 0.5) is 10.1 Å². The summed E-state index contributed by atoms with van der Waals surface area (Å²) < 4.78 is 17.4. The lowest BCUT2D eigenvalue weighted by molar-refractivity contribution is 0.250. The van der Waals surface area contributed by atoms with Crippen LogP contribution in [0.2, 0.25) is 0 Å². The molecule has 1 aliphatic heterocycles. The average molecular weight is 486 g/mol. The van der Waals surface area contributed by atoms with Crippen LogP contribution in [0.1, 0.15) is 0 Å². The molecule has 5 aromatic rings. The van der Waals surface area contributed by atoms with E-state index in [9.17, 15) is 14.0 Å². The molecular weight excluding hydrogens is 461 g/mol. The number of rotatable bonds is 4. The molecule has 1 aliphatic rings. The van der Waals surface area contributed by atoms with E-state index >= 15 is 0 Å². The van der Waals surface area contributed by atoms with E-state index in [1.54, 1.807) is 11.3 Å². The van der Waals surface area contributed by atoms with Crippen molar-refractivity contribution in [2.24, 2.45) is 0 Å². The van der Waals surface area contributed by atoms with Gasteiger partial charge in [0.1, 0.15) is 11.3 Å². The van der Waals surface area contributed by atoms with E-state index in [0.29, 0.717) is 17.4 Å². The zero-order chi connectivity index (χ0) is 23.9. The summed E-state index contributed by atoms with van der Waals surface area (Å²) in [5, 5.41) is 1.37. The maximum absolute atomic E-state index is 13.3. The number of benzene rings is 3. The van der Waals surface area contributed by atoms with Gasteiger partial charge in [-0.3, -0.25) is 14.5 Å². The van der Waals surface area contributed by atoms with Gasteiger partial charge in [-0.25, -0.2) is 4.39 Å². The van der Waals surface area contributed by atoms with Crippen LogP contribution in [0, 0.1) is 5.82 Å². The number of aromatic nitrogens is 1. The summed E-state index contributed by atoms with van der Waals surface area (Å²) in [6, 6.07) is 22.6. The van der Waals surface area contributed by atoms with E-state index in [1.165, 1.54) is 12.1 Å². The van der Waals surface area contributed by atoms with Gasteiger partial charge in [0.05, 0.1) is 15.6 Å². The van der Waals surface area contributed by atoms with Gasteiger partial charge in [0, 0.05) is 55.0 Å². The van der Waals surface area contributed by atoms with Gasteiger partial charge < -0.3 is 9.47 Å². The van der Waals surface area contributed by atoms with Crippen LogP contribution in [0.5, 0.6) is 0 Å². The summed E-state index contributed by atoms with van der Waals surface area (Å²) in [5.41, 5.74) is 1.71. The van der Waals surface area contributed by atoms with Crippen molar-refractivity contribution in [3.8, 4) is 0 Å². The first-order valence-electron chi connectivity index (χ1n) is 11.8. The van der Waals surface area contributed by atoms with Crippen LogP contribution < -0.4 is 15.8 Å². The van der Waals surface area contributed by atoms with Gasteiger partial charge in [-0.15, -0.1) is 11.3 Å². The van der Waals surface area contributed by atoms with Crippen LogP contribution in [0.25, 0.3) is 31.2 Å². The molecule has 0 N–H and O–H groups in total. The van der Waals surface area contributed by atoms with E-state index in [2.05, 4.69) is 15.9 Å². The fourth-order valence-corrected chi connectivity index (χ4v) is 6.10. The molecule has 0 bridgehead atoms. The number of nitrogens with zero attached hydrogens (tertiary/aromatic N) is 3. The lowest BCUT2D eigenvalue weighted by Gasteiger charge is -2.36. The topological polar surface area (TPSA) is 45.6 Å². The Morgan fingerprint density at radius 1 is 0.743 bits per heavy atom. The molecule has 5 nitrogen and oxygen atoms in total. The van der Waals surface area contributed by atoms with Gasteiger partial charge in [-0.2, -0.15) is 0 Å².